The van der Waals surface area contributed by atoms with Crippen LogP contribution in [0.4, 0.5) is 0 Å². The first-order chi connectivity index (χ1) is 12.2. The molecule has 0 aliphatic rings. The van der Waals surface area contributed by atoms with Gasteiger partial charge in [0, 0.05) is 16.7 Å². The van der Waals surface area contributed by atoms with Crippen LogP contribution in [0, 0.1) is 0 Å². The lowest BCUT2D eigenvalue weighted by Crippen LogP contribution is -2.02. The van der Waals surface area contributed by atoms with E-state index in [4.69, 9.17) is 4.74 Å². The van der Waals surface area contributed by atoms with Crippen molar-refractivity contribution in [1.29, 1.82) is 0 Å². The van der Waals surface area contributed by atoms with Crippen molar-refractivity contribution in [2.75, 3.05) is 0 Å². The Labute approximate surface area is 152 Å². The SMILES string of the molecule is C=CC(=O)Oc1ccc(-c2cccc(SCc3ccccc3)c2)cc1. The van der Waals surface area contributed by atoms with Crippen molar-refractivity contribution in [3.8, 4) is 16.9 Å². The molecule has 0 atom stereocenters. The Balaban J connectivity index is 1.70. The van der Waals surface area contributed by atoms with Crippen molar-refractivity contribution in [1.82, 2.24) is 0 Å². The highest BCUT2D eigenvalue weighted by atomic mass is 32.2. The summed E-state index contributed by atoms with van der Waals surface area (Å²) in [5.41, 5.74) is 3.53. The summed E-state index contributed by atoms with van der Waals surface area (Å²) in [6.45, 7) is 3.39. The Morgan fingerprint density at radius 2 is 1.68 bits per heavy atom. The first-order valence-electron chi connectivity index (χ1n) is 7.96. The molecule has 2 nitrogen and oxygen atoms in total. The molecule has 0 aromatic heterocycles. The van der Waals surface area contributed by atoms with Crippen LogP contribution < -0.4 is 4.74 Å². The standard InChI is InChI=1S/C22H18O2S/c1-2-22(23)24-20-13-11-18(12-14-20)19-9-6-10-21(15-19)25-16-17-7-4-3-5-8-17/h2-15H,1,16H2. The number of benzene rings is 3. The summed E-state index contributed by atoms with van der Waals surface area (Å²) in [7, 11) is 0. The number of rotatable bonds is 6. The van der Waals surface area contributed by atoms with E-state index in [0.29, 0.717) is 5.75 Å². The smallest absolute Gasteiger partial charge is 0.335 e. The predicted molar refractivity (Wildman–Crippen MR) is 104 cm³/mol. The molecule has 0 bridgehead atoms. The largest absolute Gasteiger partial charge is 0.423 e. The molecule has 3 aromatic carbocycles. The molecule has 0 N–H and O–H groups in total. The van der Waals surface area contributed by atoms with E-state index in [0.717, 1.165) is 23.0 Å². The molecular weight excluding hydrogens is 328 g/mol. The Hall–Kier alpha value is -2.78. The number of hydrogen-bond acceptors (Lipinski definition) is 3. The number of ether oxygens (including phenoxy) is 1. The lowest BCUT2D eigenvalue weighted by atomic mass is 10.1. The minimum Gasteiger partial charge on any atom is -0.423 e. The molecule has 0 spiro atoms. The molecule has 0 saturated heterocycles. The first-order valence-corrected chi connectivity index (χ1v) is 8.94. The Kier molecular flexibility index (Phi) is 5.70. The minimum absolute atomic E-state index is 0.452. The van der Waals surface area contributed by atoms with Crippen molar-refractivity contribution in [3.63, 3.8) is 0 Å². The summed E-state index contributed by atoms with van der Waals surface area (Å²) < 4.78 is 5.10. The van der Waals surface area contributed by atoms with Gasteiger partial charge in [-0.3, -0.25) is 0 Å². The third kappa shape index (κ3) is 4.85. The van der Waals surface area contributed by atoms with E-state index in [1.54, 1.807) is 12.1 Å². The number of esters is 1. The second-order valence-electron chi connectivity index (χ2n) is 5.45. The van der Waals surface area contributed by atoms with Crippen LogP contribution in [0.1, 0.15) is 5.56 Å². The molecule has 0 aliphatic heterocycles. The second kappa shape index (κ2) is 8.36. The molecule has 0 radical (unpaired) electrons. The van der Waals surface area contributed by atoms with E-state index in [-0.39, 0.29) is 0 Å². The summed E-state index contributed by atoms with van der Waals surface area (Å²) in [5.74, 6) is 1.01. The maximum atomic E-state index is 11.2. The summed E-state index contributed by atoms with van der Waals surface area (Å²) in [4.78, 5) is 12.5. The maximum absolute atomic E-state index is 11.2. The van der Waals surface area contributed by atoms with Gasteiger partial charge in [0.2, 0.25) is 0 Å². The molecule has 0 fully saturated rings. The fraction of sp³-hybridized carbons (Fsp3) is 0.0455. The van der Waals surface area contributed by atoms with Gasteiger partial charge in [0.1, 0.15) is 5.75 Å². The lowest BCUT2D eigenvalue weighted by molar-refractivity contribution is -0.128. The lowest BCUT2D eigenvalue weighted by Gasteiger charge is -2.07. The van der Waals surface area contributed by atoms with E-state index in [2.05, 4.69) is 55.1 Å². The highest BCUT2D eigenvalue weighted by Gasteiger charge is 2.03. The zero-order valence-electron chi connectivity index (χ0n) is 13.7. The van der Waals surface area contributed by atoms with Crippen LogP contribution >= 0.6 is 11.8 Å². The highest BCUT2D eigenvalue weighted by molar-refractivity contribution is 7.98. The molecule has 0 aliphatic carbocycles. The van der Waals surface area contributed by atoms with E-state index in [9.17, 15) is 4.79 Å². The van der Waals surface area contributed by atoms with Gasteiger partial charge in [-0.15, -0.1) is 11.8 Å². The highest BCUT2D eigenvalue weighted by Crippen LogP contribution is 2.29. The average molecular weight is 346 g/mol. The Morgan fingerprint density at radius 1 is 0.920 bits per heavy atom. The number of hydrogen-bond donors (Lipinski definition) is 0. The van der Waals surface area contributed by atoms with Gasteiger partial charge < -0.3 is 4.74 Å². The van der Waals surface area contributed by atoms with Crippen molar-refractivity contribution in [3.05, 3.63) is 97.1 Å². The van der Waals surface area contributed by atoms with E-state index in [1.807, 2.05) is 30.0 Å². The van der Waals surface area contributed by atoms with Crippen molar-refractivity contribution < 1.29 is 9.53 Å². The normalized spacial score (nSPS) is 10.2. The van der Waals surface area contributed by atoms with Gasteiger partial charge in [-0.25, -0.2) is 4.79 Å². The van der Waals surface area contributed by atoms with Crippen molar-refractivity contribution in [2.24, 2.45) is 0 Å². The van der Waals surface area contributed by atoms with E-state index >= 15 is 0 Å². The number of carbonyl (C=O) groups excluding carboxylic acids is 1. The summed E-state index contributed by atoms with van der Waals surface area (Å²) in [6, 6.07) is 26.4. The molecule has 0 amide bonds. The summed E-state index contributed by atoms with van der Waals surface area (Å²) in [5, 5.41) is 0. The molecule has 124 valence electrons. The molecule has 0 unspecified atom stereocenters. The van der Waals surface area contributed by atoms with Crippen molar-refractivity contribution in [2.45, 2.75) is 10.6 Å². The van der Waals surface area contributed by atoms with Crippen LogP contribution in [0.3, 0.4) is 0 Å². The Morgan fingerprint density at radius 3 is 2.40 bits per heavy atom. The predicted octanol–water partition coefficient (Wildman–Crippen LogP) is 5.74. The quantitative estimate of drug-likeness (QED) is 0.246. The molecule has 0 heterocycles. The maximum Gasteiger partial charge on any atom is 0.335 e. The van der Waals surface area contributed by atoms with Gasteiger partial charge in [0.25, 0.3) is 0 Å². The van der Waals surface area contributed by atoms with Gasteiger partial charge in [-0.2, -0.15) is 0 Å². The zero-order valence-corrected chi connectivity index (χ0v) is 14.5. The van der Waals surface area contributed by atoms with Gasteiger partial charge in [0.15, 0.2) is 0 Å². The van der Waals surface area contributed by atoms with Crippen LogP contribution in [-0.2, 0) is 10.5 Å². The van der Waals surface area contributed by atoms with Crippen LogP contribution in [0.15, 0.2) is 96.4 Å². The topological polar surface area (TPSA) is 26.3 Å². The summed E-state index contributed by atoms with van der Waals surface area (Å²) in [6.07, 6.45) is 1.15. The fourth-order valence-electron chi connectivity index (χ4n) is 2.38. The van der Waals surface area contributed by atoms with Gasteiger partial charge in [-0.05, 0) is 41.0 Å². The van der Waals surface area contributed by atoms with Crippen LogP contribution in [0.5, 0.6) is 5.75 Å². The monoisotopic (exact) mass is 346 g/mol. The third-order valence-electron chi connectivity index (χ3n) is 3.66. The molecule has 0 saturated carbocycles. The third-order valence-corrected chi connectivity index (χ3v) is 4.72. The minimum atomic E-state index is -0.452. The van der Waals surface area contributed by atoms with E-state index < -0.39 is 5.97 Å². The average Bonchev–Trinajstić information content (AvgIpc) is 2.68. The van der Waals surface area contributed by atoms with Crippen molar-refractivity contribution >= 4 is 17.7 Å². The van der Waals surface area contributed by atoms with Crippen LogP contribution in [0.25, 0.3) is 11.1 Å². The number of thioether (sulfide) groups is 1. The molecule has 3 aromatic rings. The number of carbonyl (C=O) groups is 1. The molecular formula is C22H18O2S. The molecule has 3 rings (SSSR count). The van der Waals surface area contributed by atoms with E-state index in [1.165, 1.54) is 10.5 Å². The van der Waals surface area contributed by atoms with Crippen LogP contribution in [-0.4, -0.2) is 5.97 Å². The summed E-state index contributed by atoms with van der Waals surface area (Å²) >= 11 is 1.82. The van der Waals surface area contributed by atoms with Crippen LogP contribution in [0.2, 0.25) is 0 Å². The second-order valence-corrected chi connectivity index (χ2v) is 6.50. The Bertz CT molecular complexity index is 855. The first kappa shape index (κ1) is 17.1. The fourth-order valence-corrected chi connectivity index (χ4v) is 3.29. The van der Waals surface area contributed by atoms with Gasteiger partial charge >= 0.3 is 5.97 Å². The van der Waals surface area contributed by atoms with Gasteiger partial charge in [-0.1, -0.05) is 61.2 Å². The van der Waals surface area contributed by atoms with Gasteiger partial charge in [0.05, 0.1) is 0 Å². The molecule has 3 heteroatoms. The zero-order chi connectivity index (χ0) is 17.5. The molecule has 25 heavy (non-hydrogen) atoms.